The van der Waals surface area contributed by atoms with Gasteiger partial charge in [0.25, 0.3) is 5.91 Å². The van der Waals surface area contributed by atoms with E-state index in [-0.39, 0.29) is 16.9 Å². The lowest BCUT2D eigenvalue weighted by molar-refractivity contribution is 0.0952. The number of hydrazone groups is 1. The number of nitrogens with zero attached hydrogens (tertiary/aromatic N) is 1. The SMILES string of the molecule is O=C(NN=Cc1c(F)cccc1F)c1ccccc1O. The van der Waals surface area contributed by atoms with Crippen LogP contribution in [-0.4, -0.2) is 17.2 Å². The molecular formula is C14H10F2N2O2. The Morgan fingerprint density at radius 2 is 1.75 bits per heavy atom. The van der Waals surface area contributed by atoms with E-state index in [2.05, 4.69) is 10.5 Å². The second-order valence-corrected chi connectivity index (χ2v) is 3.85. The van der Waals surface area contributed by atoms with Crippen molar-refractivity contribution in [3.8, 4) is 5.75 Å². The van der Waals surface area contributed by atoms with Crippen molar-refractivity contribution in [2.45, 2.75) is 0 Å². The molecule has 20 heavy (non-hydrogen) atoms. The highest BCUT2D eigenvalue weighted by Crippen LogP contribution is 2.15. The average molecular weight is 276 g/mol. The highest BCUT2D eigenvalue weighted by Gasteiger charge is 2.09. The van der Waals surface area contributed by atoms with Crippen LogP contribution in [0.15, 0.2) is 47.6 Å². The van der Waals surface area contributed by atoms with E-state index in [0.29, 0.717) is 0 Å². The van der Waals surface area contributed by atoms with Gasteiger partial charge in [-0.05, 0) is 24.3 Å². The maximum absolute atomic E-state index is 13.3. The summed E-state index contributed by atoms with van der Waals surface area (Å²) in [6.07, 6.45) is 0.864. The fraction of sp³-hybridized carbons (Fsp3) is 0. The minimum atomic E-state index is -0.787. The first-order valence-corrected chi connectivity index (χ1v) is 5.65. The number of para-hydroxylation sites is 1. The number of amides is 1. The van der Waals surface area contributed by atoms with Crippen LogP contribution in [0.25, 0.3) is 0 Å². The molecule has 2 N–H and O–H groups in total. The second-order valence-electron chi connectivity index (χ2n) is 3.85. The van der Waals surface area contributed by atoms with Crippen molar-refractivity contribution in [2.75, 3.05) is 0 Å². The molecular weight excluding hydrogens is 266 g/mol. The van der Waals surface area contributed by atoms with Crippen molar-refractivity contribution < 1.29 is 18.7 Å². The van der Waals surface area contributed by atoms with Crippen molar-refractivity contribution in [2.24, 2.45) is 5.10 Å². The van der Waals surface area contributed by atoms with Gasteiger partial charge in [0.05, 0.1) is 17.3 Å². The Labute approximate surface area is 113 Å². The molecule has 1 amide bonds. The van der Waals surface area contributed by atoms with Crippen LogP contribution >= 0.6 is 0 Å². The fourth-order valence-corrected chi connectivity index (χ4v) is 1.52. The number of nitrogens with one attached hydrogen (secondary N) is 1. The van der Waals surface area contributed by atoms with Crippen LogP contribution in [0.4, 0.5) is 8.78 Å². The third-order valence-electron chi connectivity index (χ3n) is 2.51. The lowest BCUT2D eigenvalue weighted by Gasteiger charge is -2.02. The van der Waals surface area contributed by atoms with Crippen LogP contribution in [0.5, 0.6) is 5.75 Å². The lowest BCUT2D eigenvalue weighted by atomic mass is 10.2. The molecule has 0 fully saturated rings. The third-order valence-corrected chi connectivity index (χ3v) is 2.51. The zero-order valence-corrected chi connectivity index (χ0v) is 10.2. The highest BCUT2D eigenvalue weighted by molar-refractivity contribution is 5.97. The van der Waals surface area contributed by atoms with E-state index in [0.717, 1.165) is 18.3 Å². The summed E-state index contributed by atoms with van der Waals surface area (Å²) >= 11 is 0. The van der Waals surface area contributed by atoms with E-state index in [9.17, 15) is 18.7 Å². The molecule has 0 saturated heterocycles. The number of phenols is 1. The van der Waals surface area contributed by atoms with Gasteiger partial charge in [0.2, 0.25) is 0 Å². The summed E-state index contributed by atoms with van der Waals surface area (Å²) in [7, 11) is 0. The first kappa shape index (κ1) is 13.7. The fourth-order valence-electron chi connectivity index (χ4n) is 1.52. The van der Waals surface area contributed by atoms with Gasteiger partial charge in [-0.3, -0.25) is 4.79 Å². The van der Waals surface area contributed by atoms with Crippen molar-refractivity contribution in [1.82, 2.24) is 5.43 Å². The number of halogens is 2. The van der Waals surface area contributed by atoms with Gasteiger partial charge < -0.3 is 5.11 Å². The monoisotopic (exact) mass is 276 g/mol. The molecule has 102 valence electrons. The van der Waals surface area contributed by atoms with Crippen molar-refractivity contribution in [1.29, 1.82) is 0 Å². The quantitative estimate of drug-likeness (QED) is 0.668. The molecule has 0 aliphatic rings. The molecule has 0 aromatic heterocycles. The van der Waals surface area contributed by atoms with Gasteiger partial charge in [-0.25, -0.2) is 14.2 Å². The van der Waals surface area contributed by atoms with Gasteiger partial charge >= 0.3 is 0 Å². The van der Waals surface area contributed by atoms with E-state index in [1.807, 2.05) is 0 Å². The lowest BCUT2D eigenvalue weighted by Crippen LogP contribution is -2.17. The van der Waals surface area contributed by atoms with Crippen LogP contribution in [0.3, 0.4) is 0 Å². The topological polar surface area (TPSA) is 61.7 Å². The number of benzene rings is 2. The molecule has 0 bridgehead atoms. The maximum Gasteiger partial charge on any atom is 0.275 e. The van der Waals surface area contributed by atoms with E-state index in [1.165, 1.54) is 18.2 Å². The van der Waals surface area contributed by atoms with Gasteiger partial charge in [-0.15, -0.1) is 0 Å². The summed E-state index contributed by atoms with van der Waals surface area (Å²) in [4.78, 5) is 11.7. The number of carbonyl (C=O) groups excluding carboxylic acids is 1. The molecule has 2 aromatic carbocycles. The molecule has 4 nitrogen and oxygen atoms in total. The number of carbonyl (C=O) groups is 1. The second kappa shape index (κ2) is 5.92. The van der Waals surface area contributed by atoms with Crippen molar-refractivity contribution in [3.63, 3.8) is 0 Å². The Morgan fingerprint density at radius 1 is 1.10 bits per heavy atom. The molecule has 0 aliphatic heterocycles. The van der Waals surface area contributed by atoms with Crippen LogP contribution < -0.4 is 5.43 Å². The minimum absolute atomic E-state index is 0.0126. The molecule has 0 saturated carbocycles. The summed E-state index contributed by atoms with van der Waals surface area (Å²) in [5, 5.41) is 12.9. The Kier molecular flexibility index (Phi) is 4.05. The molecule has 0 unspecified atom stereocenters. The predicted octanol–water partition coefficient (Wildman–Crippen LogP) is 2.43. The molecule has 6 heteroatoms. The van der Waals surface area contributed by atoms with Crippen molar-refractivity contribution in [3.05, 3.63) is 65.2 Å². The zero-order valence-electron chi connectivity index (χ0n) is 10.2. The van der Waals surface area contributed by atoms with Gasteiger partial charge in [0.1, 0.15) is 17.4 Å². The zero-order chi connectivity index (χ0) is 14.5. The van der Waals surface area contributed by atoms with Crippen LogP contribution in [-0.2, 0) is 0 Å². The molecule has 0 atom stereocenters. The largest absolute Gasteiger partial charge is 0.507 e. The van der Waals surface area contributed by atoms with E-state index in [4.69, 9.17) is 0 Å². The van der Waals surface area contributed by atoms with Gasteiger partial charge in [-0.1, -0.05) is 18.2 Å². The summed E-state index contributed by atoms with van der Waals surface area (Å²) in [6, 6.07) is 9.24. The Hall–Kier alpha value is -2.76. The van der Waals surface area contributed by atoms with Gasteiger partial charge in [0.15, 0.2) is 0 Å². The summed E-state index contributed by atoms with van der Waals surface area (Å²) in [5.74, 6) is -2.47. The molecule has 0 heterocycles. The highest BCUT2D eigenvalue weighted by atomic mass is 19.1. The van der Waals surface area contributed by atoms with Crippen molar-refractivity contribution >= 4 is 12.1 Å². The number of hydrogen-bond donors (Lipinski definition) is 2. The van der Waals surface area contributed by atoms with E-state index >= 15 is 0 Å². The Bertz CT molecular complexity index is 652. The van der Waals surface area contributed by atoms with Gasteiger partial charge in [0, 0.05) is 0 Å². The number of rotatable bonds is 3. The maximum atomic E-state index is 13.3. The molecule has 0 aliphatic carbocycles. The summed E-state index contributed by atoms with van der Waals surface area (Å²) < 4.78 is 26.6. The normalized spacial score (nSPS) is 10.7. The predicted molar refractivity (Wildman–Crippen MR) is 69.5 cm³/mol. The van der Waals surface area contributed by atoms with E-state index < -0.39 is 17.5 Å². The summed E-state index contributed by atoms with van der Waals surface area (Å²) in [5.41, 5.74) is 1.74. The molecule has 0 radical (unpaired) electrons. The molecule has 2 rings (SSSR count). The molecule has 0 spiro atoms. The Morgan fingerprint density at radius 3 is 2.40 bits per heavy atom. The number of hydrogen-bond acceptors (Lipinski definition) is 3. The smallest absolute Gasteiger partial charge is 0.275 e. The first-order valence-electron chi connectivity index (χ1n) is 5.65. The van der Waals surface area contributed by atoms with Crippen LogP contribution in [0.1, 0.15) is 15.9 Å². The summed E-state index contributed by atoms with van der Waals surface area (Å²) in [6.45, 7) is 0. The third kappa shape index (κ3) is 2.97. The van der Waals surface area contributed by atoms with Crippen LogP contribution in [0, 0.1) is 11.6 Å². The number of aromatic hydroxyl groups is 1. The van der Waals surface area contributed by atoms with E-state index in [1.54, 1.807) is 12.1 Å². The Balaban J connectivity index is 2.11. The first-order chi connectivity index (χ1) is 9.59. The molecule has 2 aromatic rings. The number of phenolic OH excluding ortho intramolecular Hbond substituents is 1. The standard InChI is InChI=1S/C14H10F2N2O2/c15-11-5-3-6-12(16)10(11)8-17-18-14(20)9-4-1-2-7-13(9)19/h1-8,19H,(H,18,20). The average Bonchev–Trinajstić information content (AvgIpc) is 2.42. The van der Waals surface area contributed by atoms with Gasteiger partial charge in [-0.2, -0.15) is 5.10 Å². The van der Waals surface area contributed by atoms with Crippen LogP contribution in [0.2, 0.25) is 0 Å². The minimum Gasteiger partial charge on any atom is -0.507 e.